The Kier molecular flexibility index (Phi) is 10.00. The molecule has 0 aliphatic heterocycles. The summed E-state index contributed by atoms with van der Waals surface area (Å²) in [5.74, 6) is 1.45. The molecule has 0 aliphatic rings. The maximum absolute atomic E-state index is 14.5. The molecule has 1 unspecified atom stereocenters. The summed E-state index contributed by atoms with van der Waals surface area (Å²) in [4.78, 5) is 35.2. The summed E-state index contributed by atoms with van der Waals surface area (Å²) in [6, 6.07) is 26.0. The van der Waals surface area contributed by atoms with Gasteiger partial charge in [0.05, 0.1) is 46.2 Å². The molecule has 1 N–H and O–H groups in total. The molecule has 12 nitrogen and oxygen atoms in total. The summed E-state index contributed by atoms with van der Waals surface area (Å²) >= 11 is 1.40. The monoisotopic (exact) mass is 678 g/mol. The molecular formula is C36H34N6O6S. The summed E-state index contributed by atoms with van der Waals surface area (Å²) < 4.78 is 23.2. The van der Waals surface area contributed by atoms with Crippen molar-refractivity contribution in [1.29, 1.82) is 0 Å². The van der Waals surface area contributed by atoms with Crippen molar-refractivity contribution in [3.05, 3.63) is 107 Å². The molecule has 2 amide bonds. The Hall–Kier alpha value is -5.95. The van der Waals surface area contributed by atoms with Crippen LogP contribution in [-0.2, 0) is 22.7 Å². The van der Waals surface area contributed by atoms with Crippen LogP contribution < -0.4 is 24.3 Å². The van der Waals surface area contributed by atoms with E-state index >= 15 is 0 Å². The van der Waals surface area contributed by atoms with Gasteiger partial charge in [-0.1, -0.05) is 23.4 Å². The number of benzene rings is 4. The van der Waals surface area contributed by atoms with Crippen LogP contribution in [0.5, 0.6) is 23.0 Å². The third-order valence-corrected chi connectivity index (χ3v) is 8.74. The van der Waals surface area contributed by atoms with Gasteiger partial charge in [0.1, 0.15) is 34.6 Å². The van der Waals surface area contributed by atoms with Crippen molar-refractivity contribution in [3.63, 3.8) is 0 Å². The van der Waals surface area contributed by atoms with Crippen LogP contribution in [0.4, 0.5) is 5.69 Å². The van der Waals surface area contributed by atoms with Crippen molar-refractivity contribution >= 4 is 39.9 Å². The first-order valence-corrected chi connectivity index (χ1v) is 16.1. The van der Waals surface area contributed by atoms with Gasteiger partial charge in [-0.05, 0) is 78.4 Å². The van der Waals surface area contributed by atoms with E-state index < -0.39 is 11.9 Å². The molecular weight excluding hydrogens is 644 g/mol. The highest BCUT2D eigenvalue weighted by atomic mass is 32.1. The molecule has 250 valence electrons. The second kappa shape index (κ2) is 14.9. The molecule has 6 aromatic rings. The normalized spacial score (nSPS) is 11.5. The number of aromatic nitrogens is 4. The zero-order valence-corrected chi connectivity index (χ0v) is 28.1. The molecule has 2 heterocycles. The van der Waals surface area contributed by atoms with Crippen LogP contribution in [0.25, 0.3) is 22.3 Å². The van der Waals surface area contributed by atoms with E-state index in [1.54, 1.807) is 56.7 Å². The van der Waals surface area contributed by atoms with Crippen LogP contribution in [0.2, 0.25) is 0 Å². The summed E-state index contributed by atoms with van der Waals surface area (Å²) in [7, 11) is 6.24. The molecule has 0 saturated heterocycles. The lowest BCUT2D eigenvalue weighted by atomic mass is 10.0. The van der Waals surface area contributed by atoms with Gasteiger partial charge in [-0.15, -0.1) is 16.4 Å². The molecule has 0 radical (unpaired) electrons. The van der Waals surface area contributed by atoms with Crippen molar-refractivity contribution < 1.29 is 28.5 Å². The maximum atomic E-state index is 14.5. The predicted octanol–water partition coefficient (Wildman–Crippen LogP) is 6.00. The number of hydrogen-bond acceptors (Lipinski definition) is 10. The van der Waals surface area contributed by atoms with Gasteiger partial charge in [-0.25, -0.2) is 9.67 Å². The Morgan fingerprint density at radius 3 is 2.22 bits per heavy atom. The lowest BCUT2D eigenvalue weighted by Gasteiger charge is -2.31. The maximum Gasteiger partial charge on any atom is 0.251 e. The van der Waals surface area contributed by atoms with Crippen LogP contribution in [0.15, 0.2) is 96.4 Å². The van der Waals surface area contributed by atoms with Gasteiger partial charge in [0.2, 0.25) is 5.91 Å². The fourth-order valence-electron chi connectivity index (χ4n) is 5.38. The summed E-state index contributed by atoms with van der Waals surface area (Å²) in [6.45, 7) is -0.141. The zero-order valence-electron chi connectivity index (χ0n) is 27.3. The Morgan fingerprint density at radius 2 is 1.53 bits per heavy atom. The van der Waals surface area contributed by atoms with Crippen LogP contribution in [0.1, 0.15) is 16.6 Å². The fourth-order valence-corrected chi connectivity index (χ4v) is 6.18. The quantitative estimate of drug-likeness (QED) is 0.156. The minimum Gasteiger partial charge on any atom is -0.497 e. The molecule has 0 aliphatic carbocycles. The number of rotatable bonds is 13. The number of nitrogens with zero attached hydrogens (tertiary/aromatic N) is 5. The molecule has 0 spiro atoms. The van der Waals surface area contributed by atoms with Gasteiger partial charge in [0.15, 0.2) is 11.5 Å². The highest BCUT2D eigenvalue weighted by Gasteiger charge is 2.34. The number of hydrogen-bond donors (Lipinski definition) is 1. The minimum atomic E-state index is -1.11. The topological polar surface area (TPSA) is 130 Å². The van der Waals surface area contributed by atoms with Crippen molar-refractivity contribution in [1.82, 2.24) is 24.9 Å². The molecule has 0 saturated carbocycles. The van der Waals surface area contributed by atoms with Crippen LogP contribution in [0.3, 0.4) is 0 Å². The van der Waals surface area contributed by atoms with Crippen molar-refractivity contribution in [2.24, 2.45) is 0 Å². The van der Waals surface area contributed by atoms with Gasteiger partial charge in [-0.3, -0.25) is 9.59 Å². The van der Waals surface area contributed by atoms with Gasteiger partial charge in [0.25, 0.3) is 5.91 Å². The molecule has 6 rings (SSSR count). The predicted molar refractivity (Wildman–Crippen MR) is 186 cm³/mol. The van der Waals surface area contributed by atoms with E-state index in [0.29, 0.717) is 44.5 Å². The van der Waals surface area contributed by atoms with E-state index in [4.69, 9.17) is 23.9 Å². The fraction of sp³-hybridized carbons (Fsp3) is 0.194. The van der Waals surface area contributed by atoms with Crippen LogP contribution in [0, 0.1) is 0 Å². The number of carbonyl (C=O) groups excluding carboxylic acids is 2. The van der Waals surface area contributed by atoms with Crippen molar-refractivity contribution in [2.75, 3.05) is 33.8 Å². The molecule has 0 fully saturated rings. The van der Waals surface area contributed by atoms with E-state index in [1.807, 2.05) is 53.9 Å². The Labute approximate surface area is 286 Å². The number of amides is 2. The number of para-hydroxylation sites is 1. The first kappa shape index (κ1) is 33.0. The SMILES string of the molecule is COc1ccc(NC(=O)C(c2ccc(OC)c(OC)c2)N(Cc2nc(-c3ccc(OC)cc3)cs2)C(=O)Cn2nnc3ccccc32)cc1. The van der Waals surface area contributed by atoms with Crippen LogP contribution >= 0.6 is 11.3 Å². The lowest BCUT2D eigenvalue weighted by molar-refractivity contribution is -0.140. The molecule has 4 aromatic carbocycles. The number of anilines is 1. The highest BCUT2D eigenvalue weighted by Crippen LogP contribution is 2.35. The summed E-state index contributed by atoms with van der Waals surface area (Å²) in [5.41, 5.74) is 4.01. The van der Waals surface area contributed by atoms with Crippen molar-refractivity contribution in [2.45, 2.75) is 19.1 Å². The minimum absolute atomic E-state index is 0.0291. The number of methoxy groups -OCH3 is 4. The first-order valence-electron chi connectivity index (χ1n) is 15.2. The first-order chi connectivity index (χ1) is 23.9. The molecule has 13 heteroatoms. The van der Waals surface area contributed by atoms with E-state index in [0.717, 1.165) is 17.0 Å². The third-order valence-electron chi connectivity index (χ3n) is 7.91. The highest BCUT2D eigenvalue weighted by molar-refractivity contribution is 7.09. The largest absolute Gasteiger partial charge is 0.497 e. The summed E-state index contributed by atoms with van der Waals surface area (Å²) in [6.07, 6.45) is 0. The number of fused-ring (bicyclic) bond motifs is 1. The number of carbonyl (C=O) groups is 2. The number of nitrogens with one attached hydrogen (secondary N) is 1. The van der Waals surface area contributed by atoms with Gasteiger partial charge >= 0.3 is 0 Å². The third kappa shape index (κ3) is 7.31. The Morgan fingerprint density at radius 1 is 0.837 bits per heavy atom. The lowest BCUT2D eigenvalue weighted by Crippen LogP contribution is -2.42. The van der Waals surface area contributed by atoms with E-state index in [2.05, 4.69) is 15.6 Å². The molecule has 2 aromatic heterocycles. The number of ether oxygens (including phenoxy) is 4. The van der Waals surface area contributed by atoms with Crippen LogP contribution in [-0.4, -0.2) is 65.1 Å². The number of thiazole rings is 1. The average Bonchev–Trinajstić information content (AvgIpc) is 3.79. The Balaban J connectivity index is 1.42. The molecule has 1 atom stereocenters. The van der Waals surface area contributed by atoms with E-state index in [9.17, 15) is 9.59 Å². The van der Waals surface area contributed by atoms with Crippen molar-refractivity contribution in [3.8, 4) is 34.3 Å². The molecule has 0 bridgehead atoms. The van der Waals surface area contributed by atoms with E-state index in [-0.39, 0.29) is 19.0 Å². The van der Waals surface area contributed by atoms with E-state index in [1.165, 1.54) is 35.1 Å². The average molecular weight is 679 g/mol. The molecule has 49 heavy (non-hydrogen) atoms. The van der Waals surface area contributed by atoms with Gasteiger partial charge < -0.3 is 29.2 Å². The zero-order chi connectivity index (χ0) is 34.3. The second-order valence-electron chi connectivity index (χ2n) is 10.8. The summed E-state index contributed by atoms with van der Waals surface area (Å²) in [5, 5.41) is 14.0. The Bertz CT molecular complexity index is 2060. The standard InChI is InChI=1S/C36H34N6O6S/c1-45-26-14-9-23(10-15-26)29-22-49-33(38-29)20-41(34(43)21-42-30-8-6-5-7-28(30)39-40-42)35(24-11-18-31(47-3)32(19-24)48-4)36(44)37-25-12-16-27(46-2)17-13-25/h5-19,22,35H,20-21H2,1-4H3,(H,37,44). The van der Waals surface area contributed by atoms with Gasteiger partial charge in [0, 0.05) is 16.6 Å². The van der Waals surface area contributed by atoms with Gasteiger partial charge in [-0.2, -0.15) is 0 Å². The second-order valence-corrected chi connectivity index (χ2v) is 11.8. The smallest absolute Gasteiger partial charge is 0.251 e.